The lowest BCUT2D eigenvalue weighted by atomic mass is 9.85. The van der Waals surface area contributed by atoms with Gasteiger partial charge >= 0.3 is 0 Å². The number of nitrogens with one attached hydrogen (secondary N) is 2. The lowest BCUT2D eigenvalue weighted by Gasteiger charge is -2.38. The number of aryl methyl sites for hydroxylation is 1. The Labute approximate surface area is 464 Å². The van der Waals surface area contributed by atoms with Crippen LogP contribution in [0.1, 0.15) is 128 Å². The third-order valence-electron chi connectivity index (χ3n) is 15.4. The molecule has 18 heteroatoms. The number of β-amino-alcohol motifs (C(OH)–C–C–N with tert-alkyl or cyclic N) is 1. The molecule has 3 aliphatic heterocycles. The summed E-state index contributed by atoms with van der Waals surface area (Å²) in [6.07, 6.45) is 9.60. The number of piperazine rings is 1. The number of phenols is 1. The molecule has 0 radical (unpaired) electrons. The Morgan fingerprint density at radius 1 is 0.808 bits per heavy atom. The first-order valence-corrected chi connectivity index (χ1v) is 28.9. The second-order valence-electron chi connectivity index (χ2n) is 22.4. The van der Waals surface area contributed by atoms with Gasteiger partial charge in [0.2, 0.25) is 23.6 Å². The summed E-state index contributed by atoms with van der Waals surface area (Å²) < 4.78 is 6.42. The molecule has 3 fully saturated rings. The molecule has 3 saturated heterocycles. The van der Waals surface area contributed by atoms with Crippen LogP contribution in [0.4, 0.5) is 17.2 Å². The maximum atomic E-state index is 14.1. The summed E-state index contributed by atoms with van der Waals surface area (Å²) in [5.74, 6) is 0.117. The number of para-hydroxylation sites is 1. The van der Waals surface area contributed by atoms with E-state index >= 15 is 0 Å². The van der Waals surface area contributed by atoms with Crippen molar-refractivity contribution in [2.75, 3.05) is 61.3 Å². The molecule has 8 rings (SSSR count). The van der Waals surface area contributed by atoms with Gasteiger partial charge in [0.25, 0.3) is 0 Å². The van der Waals surface area contributed by atoms with E-state index in [0.29, 0.717) is 55.9 Å². The van der Waals surface area contributed by atoms with Gasteiger partial charge in [0.1, 0.15) is 29.6 Å². The predicted octanol–water partition coefficient (Wildman–Crippen LogP) is 8.83. The molecule has 5 aromatic rings. The summed E-state index contributed by atoms with van der Waals surface area (Å²) in [6.45, 7) is 14.2. The van der Waals surface area contributed by atoms with Crippen LogP contribution in [0.5, 0.6) is 11.5 Å². The number of aromatic nitrogens is 3. The van der Waals surface area contributed by atoms with E-state index in [0.717, 1.165) is 110 Å². The zero-order valence-electron chi connectivity index (χ0n) is 46.2. The van der Waals surface area contributed by atoms with Crippen LogP contribution in [0.3, 0.4) is 0 Å². The van der Waals surface area contributed by atoms with Crippen LogP contribution in [0.25, 0.3) is 21.7 Å². The summed E-state index contributed by atoms with van der Waals surface area (Å²) >= 11 is 1.58. The molecule has 5 unspecified atom stereocenters. The first-order chi connectivity index (χ1) is 37.5. The molecule has 3 aromatic carbocycles. The standard InChI is InChI=1S/C60H80N10O7S/c1-40(42-25-27-43(28-26-42)55-41(2)62-39-78-55)63-58(75)50-35-46(71)37-70(50)59(76)56(60(3,4)5)64-53(73)23-12-10-8-6-7-9-11-13-24-54(74)68-32-30-67(31-33-68)44-18-16-19-45(34-44)69-29-17-20-47(38-69)77-52-36-49(65-66-57(52)61)48-21-14-15-22-51(48)72/h14-16,18-19,21-22,25-28,34,36,39-40,46-47,50,56,71-72H,6-13,17,20,23-24,29-33,35,37-38H2,1-5H3,(H2,61,66)(H,63,75)(H,64,73). The molecular weight excluding hydrogens is 1000 g/mol. The minimum atomic E-state index is -0.860. The number of thiazole rings is 1. The number of unbranched alkanes of at least 4 members (excludes halogenated alkanes) is 7. The fourth-order valence-corrected chi connectivity index (χ4v) is 11.7. The third-order valence-corrected chi connectivity index (χ3v) is 16.4. The Bertz CT molecular complexity index is 2810. The fourth-order valence-electron chi connectivity index (χ4n) is 10.9. The summed E-state index contributed by atoms with van der Waals surface area (Å²) in [6, 6.07) is 23.3. The molecule has 0 spiro atoms. The van der Waals surface area contributed by atoms with Crippen LogP contribution in [0, 0.1) is 12.3 Å². The molecule has 5 heterocycles. The highest BCUT2D eigenvalue weighted by Gasteiger charge is 2.45. The molecule has 0 aliphatic carbocycles. The van der Waals surface area contributed by atoms with Gasteiger partial charge in [0.05, 0.1) is 34.8 Å². The van der Waals surface area contributed by atoms with Gasteiger partial charge in [-0.1, -0.05) is 102 Å². The van der Waals surface area contributed by atoms with Crippen molar-refractivity contribution in [2.45, 2.75) is 148 Å². The van der Waals surface area contributed by atoms with Crippen molar-refractivity contribution in [1.82, 2.24) is 35.6 Å². The number of nitrogens with zero attached hydrogens (tertiary/aromatic N) is 7. The largest absolute Gasteiger partial charge is 0.507 e. The van der Waals surface area contributed by atoms with Gasteiger partial charge in [-0.05, 0) is 86.4 Å². The van der Waals surface area contributed by atoms with Gasteiger partial charge in [0, 0.05) is 81.5 Å². The number of piperidine rings is 1. The Kier molecular flexibility index (Phi) is 19.7. The number of rotatable bonds is 22. The molecule has 17 nitrogen and oxygen atoms in total. The van der Waals surface area contributed by atoms with Gasteiger partial charge in [-0.25, -0.2) is 4.98 Å². The van der Waals surface area contributed by atoms with Crippen LogP contribution in [0.2, 0.25) is 0 Å². The van der Waals surface area contributed by atoms with Crippen LogP contribution < -0.4 is 30.9 Å². The number of anilines is 3. The van der Waals surface area contributed by atoms with Crippen molar-refractivity contribution in [1.29, 1.82) is 0 Å². The van der Waals surface area contributed by atoms with Gasteiger partial charge < -0.3 is 50.9 Å². The number of benzene rings is 3. The SMILES string of the molecule is Cc1ncsc1-c1ccc(C(C)NC(=O)C2CC(O)CN2C(=O)C(NC(=O)CCCCCCCCCCC(=O)N2CCN(c3cccc(N4CCCC(Oc5cc(-c6ccccc6O)nnc5N)C4)c3)CC2)C(C)(C)C)cc1. The van der Waals surface area contributed by atoms with E-state index in [1.807, 2.05) is 75.4 Å². The van der Waals surface area contributed by atoms with Crippen LogP contribution in [-0.4, -0.2) is 129 Å². The third kappa shape index (κ3) is 15.1. The van der Waals surface area contributed by atoms with E-state index in [1.54, 1.807) is 35.6 Å². The molecule has 0 bridgehead atoms. The van der Waals surface area contributed by atoms with Gasteiger partial charge in [-0.2, -0.15) is 0 Å². The maximum absolute atomic E-state index is 14.1. The molecule has 0 saturated carbocycles. The van der Waals surface area contributed by atoms with E-state index < -0.39 is 23.6 Å². The smallest absolute Gasteiger partial charge is 0.246 e. The number of amides is 4. The summed E-state index contributed by atoms with van der Waals surface area (Å²) in [5.41, 5.74) is 13.7. The number of nitrogens with two attached hydrogens (primary N) is 1. The van der Waals surface area contributed by atoms with Crippen molar-refractivity contribution >= 4 is 52.2 Å². The molecule has 5 atom stereocenters. The zero-order chi connectivity index (χ0) is 55.3. The Hall–Kier alpha value is -6.79. The molecule has 78 heavy (non-hydrogen) atoms. The minimum Gasteiger partial charge on any atom is -0.507 e. The Morgan fingerprint density at radius 2 is 1.49 bits per heavy atom. The summed E-state index contributed by atoms with van der Waals surface area (Å²) in [4.78, 5) is 68.0. The maximum Gasteiger partial charge on any atom is 0.246 e. The lowest BCUT2D eigenvalue weighted by molar-refractivity contribution is -0.144. The fraction of sp³-hybridized carbons (Fsp3) is 0.517. The number of aliphatic hydroxyl groups is 1. The van der Waals surface area contributed by atoms with Gasteiger partial charge in [0.15, 0.2) is 11.6 Å². The van der Waals surface area contributed by atoms with E-state index in [4.69, 9.17) is 10.5 Å². The zero-order valence-corrected chi connectivity index (χ0v) is 47.0. The number of aromatic hydroxyl groups is 1. The average molecular weight is 1090 g/mol. The number of likely N-dealkylation sites (tertiary alicyclic amines) is 1. The predicted molar refractivity (Wildman–Crippen MR) is 307 cm³/mol. The molecule has 2 aromatic heterocycles. The summed E-state index contributed by atoms with van der Waals surface area (Å²) in [5, 5.41) is 35.4. The second-order valence-corrected chi connectivity index (χ2v) is 23.3. The van der Waals surface area contributed by atoms with Gasteiger partial charge in [-0.15, -0.1) is 21.5 Å². The van der Waals surface area contributed by atoms with E-state index in [2.05, 4.69) is 59.9 Å². The lowest BCUT2D eigenvalue weighted by Crippen LogP contribution is -2.57. The monoisotopic (exact) mass is 1080 g/mol. The topological polar surface area (TPSA) is 220 Å². The number of aliphatic hydroxyl groups excluding tert-OH is 1. The number of hydrogen-bond acceptors (Lipinski definition) is 14. The summed E-state index contributed by atoms with van der Waals surface area (Å²) in [7, 11) is 0. The van der Waals surface area contributed by atoms with E-state index in [1.165, 1.54) is 4.90 Å². The normalized spacial score (nSPS) is 18.6. The molecule has 418 valence electrons. The number of phenolic OH excluding ortho intramolecular Hbond substituents is 1. The molecule has 3 aliphatic rings. The highest BCUT2D eigenvalue weighted by Crippen LogP contribution is 2.34. The molecular formula is C60H80N10O7S. The number of nitrogen functional groups attached to an aromatic ring is 1. The average Bonchev–Trinajstić information content (AvgIpc) is 4.12. The van der Waals surface area contributed by atoms with Crippen molar-refractivity contribution in [3.8, 4) is 33.2 Å². The first kappa shape index (κ1) is 57.4. The number of hydrogen-bond donors (Lipinski definition) is 5. The van der Waals surface area contributed by atoms with E-state index in [9.17, 15) is 29.4 Å². The highest BCUT2D eigenvalue weighted by molar-refractivity contribution is 7.13. The molecule has 6 N–H and O–H groups in total. The van der Waals surface area contributed by atoms with Crippen molar-refractivity contribution < 1.29 is 34.1 Å². The van der Waals surface area contributed by atoms with E-state index in [-0.39, 0.29) is 60.3 Å². The minimum absolute atomic E-state index is 0.0259. The Balaban J connectivity index is 0.687. The van der Waals surface area contributed by atoms with Crippen molar-refractivity contribution in [3.05, 3.63) is 95.6 Å². The first-order valence-electron chi connectivity index (χ1n) is 28.1. The quantitative estimate of drug-likeness (QED) is 0.0410. The molecule has 4 amide bonds. The van der Waals surface area contributed by atoms with Crippen LogP contribution in [0.15, 0.2) is 84.4 Å². The highest BCUT2D eigenvalue weighted by atomic mass is 32.1. The van der Waals surface area contributed by atoms with Crippen LogP contribution >= 0.6 is 11.3 Å². The second kappa shape index (κ2) is 26.7. The Morgan fingerprint density at radius 3 is 2.17 bits per heavy atom. The van der Waals surface area contributed by atoms with Crippen molar-refractivity contribution in [2.24, 2.45) is 5.41 Å². The number of carbonyl (C=O) groups is 4. The van der Waals surface area contributed by atoms with Crippen molar-refractivity contribution in [3.63, 3.8) is 0 Å². The van der Waals surface area contributed by atoms with Gasteiger partial charge in [-0.3, -0.25) is 19.2 Å². The number of ether oxygens (including phenoxy) is 1. The number of carbonyl (C=O) groups excluding carboxylic acids is 4. The van der Waals surface area contributed by atoms with Crippen LogP contribution in [-0.2, 0) is 19.2 Å².